The molecule has 0 bridgehead atoms. The Kier molecular flexibility index (Phi) is 2.90. The Morgan fingerprint density at radius 1 is 1.79 bits per heavy atom. The van der Waals surface area contributed by atoms with Crippen LogP contribution in [-0.4, -0.2) is 28.7 Å². The normalized spacial score (nSPS) is 27.0. The Bertz CT molecular complexity index is 307. The van der Waals surface area contributed by atoms with Crippen LogP contribution in [0.3, 0.4) is 0 Å². The van der Waals surface area contributed by atoms with Crippen molar-refractivity contribution in [2.24, 2.45) is 0 Å². The average molecular weight is 260 g/mol. The lowest BCUT2D eigenvalue weighted by Crippen LogP contribution is -2.42. The molecule has 5 heteroatoms. The molecule has 2 N–H and O–H groups in total. The first-order chi connectivity index (χ1) is 6.68. The van der Waals surface area contributed by atoms with Crippen molar-refractivity contribution < 1.29 is 4.74 Å². The lowest BCUT2D eigenvalue weighted by molar-refractivity contribution is 0.171. The first-order valence-electron chi connectivity index (χ1n) is 4.70. The minimum Gasteiger partial charge on any atom is -0.379 e. The molecular weight excluding hydrogens is 246 g/mol. The van der Waals surface area contributed by atoms with Gasteiger partial charge < -0.3 is 15.0 Å². The lowest BCUT2D eigenvalue weighted by atomic mass is 10.0. The highest BCUT2D eigenvalue weighted by molar-refractivity contribution is 9.10. The summed E-state index contributed by atoms with van der Waals surface area (Å²) in [6.45, 7) is 4.57. The molecule has 0 spiro atoms. The van der Waals surface area contributed by atoms with E-state index in [9.17, 15) is 0 Å². The van der Waals surface area contributed by atoms with E-state index in [4.69, 9.17) is 4.74 Å². The van der Waals surface area contributed by atoms with E-state index in [1.165, 1.54) is 0 Å². The summed E-state index contributed by atoms with van der Waals surface area (Å²) in [6, 6.07) is 0. The summed E-state index contributed by atoms with van der Waals surface area (Å²) in [7, 11) is 0. The Hall–Kier alpha value is -0.390. The molecule has 0 amide bonds. The third-order valence-corrected chi connectivity index (χ3v) is 2.90. The SMILES string of the molecule is CC1(NCc2ncc(Br)[nH]2)CCOC1. The molecule has 78 valence electrons. The second kappa shape index (κ2) is 4.00. The molecule has 4 nitrogen and oxygen atoms in total. The predicted octanol–water partition coefficient (Wildman–Crippen LogP) is 1.44. The second-order valence-electron chi connectivity index (χ2n) is 3.89. The smallest absolute Gasteiger partial charge is 0.120 e. The maximum Gasteiger partial charge on any atom is 0.120 e. The van der Waals surface area contributed by atoms with Gasteiger partial charge in [0, 0.05) is 12.1 Å². The number of nitrogens with zero attached hydrogens (tertiary/aromatic N) is 1. The molecule has 1 aromatic rings. The molecule has 2 heterocycles. The van der Waals surface area contributed by atoms with Gasteiger partial charge in [-0.2, -0.15) is 0 Å². The number of aromatic amines is 1. The largest absolute Gasteiger partial charge is 0.379 e. The zero-order valence-electron chi connectivity index (χ0n) is 8.14. The standard InChI is InChI=1S/C9H14BrN3O/c1-9(2-3-14-6-9)12-5-8-11-4-7(10)13-8/h4,12H,2-3,5-6H2,1H3,(H,11,13). The summed E-state index contributed by atoms with van der Waals surface area (Å²) >= 11 is 3.33. The number of rotatable bonds is 3. The number of hydrogen-bond donors (Lipinski definition) is 2. The fourth-order valence-corrected chi connectivity index (χ4v) is 1.86. The molecule has 2 rings (SSSR count). The van der Waals surface area contributed by atoms with E-state index in [-0.39, 0.29) is 5.54 Å². The molecule has 14 heavy (non-hydrogen) atoms. The highest BCUT2D eigenvalue weighted by Gasteiger charge is 2.28. The third kappa shape index (κ3) is 2.34. The van der Waals surface area contributed by atoms with Gasteiger partial charge in [0.1, 0.15) is 10.4 Å². The van der Waals surface area contributed by atoms with Crippen LogP contribution in [0.1, 0.15) is 19.2 Å². The number of hydrogen-bond acceptors (Lipinski definition) is 3. The minimum atomic E-state index is 0.110. The van der Waals surface area contributed by atoms with Gasteiger partial charge in [-0.25, -0.2) is 4.98 Å². The van der Waals surface area contributed by atoms with Crippen LogP contribution >= 0.6 is 15.9 Å². The van der Waals surface area contributed by atoms with E-state index in [2.05, 4.69) is 38.1 Å². The monoisotopic (exact) mass is 259 g/mol. The number of aromatic nitrogens is 2. The summed E-state index contributed by atoms with van der Waals surface area (Å²) in [5.74, 6) is 0.949. The van der Waals surface area contributed by atoms with E-state index >= 15 is 0 Å². The molecule has 0 radical (unpaired) electrons. The Balaban J connectivity index is 1.87. The third-order valence-electron chi connectivity index (χ3n) is 2.50. The molecule has 0 saturated carbocycles. The predicted molar refractivity (Wildman–Crippen MR) is 57.0 cm³/mol. The summed E-state index contributed by atoms with van der Waals surface area (Å²) in [4.78, 5) is 7.32. The van der Waals surface area contributed by atoms with E-state index < -0.39 is 0 Å². The van der Waals surface area contributed by atoms with Crippen molar-refractivity contribution in [3.8, 4) is 0 Å². The fourth-order valence-electron chi connectivity index (χ4n) is 1.53. The van der Waals surface area contributed by atoms with Crippen LogP contribution in [0.4, 0.5) is 0 Å². The van der Waals surface area contributed by atoms with Gasteiger partial charge in [0.25, 0.3) is 0 Å². The molecule has 0 aromatic carbocycles. The molecule has 1 aliphatic heterocycles. The van der Waals surface area contributed by atoms with Gasteiger partial charge in [-0.3, -0.25) is 0 Å². The number of nitrogens with one attached hydrogen (secondary N) is 2. The van der Waals surface area contributed by atoms with Gasteiger partial charge >= 0.3 is 0 Å². The summed E-state index contributed by atoms with van der Waals surface area (Å²) in [5.41, 5.74) is 0.110. The highest BCUT2D eigenvalue weighted by Crippen LogP contribution is 2.17. The highest BCUT2D eigenvalue weighted by atomic mass is 79.9. The van der Waals surface area contributed by atoms with Crippen molar-refractivity contribution in [2.45, 2.75) is 25.4 Å². The first-order valence-corrected chi connectivity index (χ1v) is 5.49. The Morgan fingerprint density at radius 3 is 3.21 bits per heavy atom. The van der Waals surface area contributed by atoms with Gasteiger partial charge in [-0.15, -0.1) is 0 Å². The molecule has 1 atom stereocenters. The average Bonchev–Trinajstić information content (AvgIpc) is 2.73. The van der Waals surface area contributed by atoms with Crippen molar-refractivity contribution in [3.63, 3.8) is 0 Å². The Morgan fingerprint density at radius 2 is 2.64 bits per heavy atom. The van der Waals surface area contributed by atoms with Crippen molar-refractivity contribution in [3.05, 3.63) is 16.6 Å². The van der Waals surface area contributed by atoms with E-state index in [0.29, 0.717) is 0 Å². The van der Waals surface area contributed by atoms with Gasteiger partial charge in [0.15, 0.2) is 0 Å². The van der Waals surface area contributed by atoms with Crippen LogP contribution in [0.15, 0.2) is 10.8 Å². The van der Waals surface area contributed by atoms with Gasteiger partial charge in [-0.05, 0) is 29.3 Å². The van der Waals surface area contributed by atoms with Gasteiger partial charge in [0.05, 0.1) is 19.3 Å². The van der Waals surface area contributed by atoms with E-state index in [0.717, 1.165) is 36.6 Å². The topological polar surface area (TPSA) is 49.9 Å². The van der Waals surface area contributed by atoms with Gasteiger partial charge in [0.2, 0.25) is 0 Å². The van der Waals surface area contributed by atoms with Crippen LogP contribution in [0, 0.1) is 0 Å². The number of imidazole rings is 1. The van der Waals surface area contributed by atoms with Crippen molar-refractivity contribution in [1.29, 1.82) is 0 Å². The molecule has 1 unspecified atom stereocenters. The second-order valence-corrected chi connectivity index (χ2v) is 4.75. The maximum absolute atomic E-state index is 5.35. The Labute approximate surface area is 91.6 Å². The molecule has 1 fully saturated rings. The summed E-state index contributed by atoms with van der Waals surface area (Å²) < 4.78 is 6.27. The zero-order valence-corrected chi connectivity index (χ0v) is 9.73. The minimum absolute atomic E-state index is 0.110. The van der Waals surface area contributed by atoms with Crippen LogP contribution in [0.25, 0.3) is 0 Å². The van der Waals surface area contributed by atoms with Crippen molar-refractivity contribution in [1.82, 2.24) is 15.3 Å². The summed E-state index contributed by atoms with van der Waals surface area (Å²) in [6.07, 6.45) is 2.83. The summed E-state index contributed by atoms with van der Waals surface area (Å²) in [5, 5.41) is 3.45. The number of halogens is 1. The number of ether oxygens (including phenoxy) is 1. The van der Waals surface area contributed by atoms with E-state index in [1.807, 2.05) is 0 Å². The fraction of sp³-hybridized carbons (Fsp3) is 0.667. The van der Waals surface area contributed by atoms with Crippen LogP contribution in [0.2, 0.25) is 0 Å². The molecule has 1 saturated heterocycles. The maximum atomic E-state index is 5.35. The van der Waals surface area contributed by atoms with Crippen LogP contribution in [0.5, 0.6) is 0 Å². The van der Waals surface area contributed by atoms with Crippen LogP contribution in [-0.2, 0) is 11.3 Å². The first kappa shape index (κ1) is 10.1. The van der Waals surface area contributed by atoms with Crippen molar-refractivity contribution >= 4 is 15.9 Å². The quantitative estimate of drug-likeness (QED) is 0.864. The number of H-pyrrole nitrogens is 1. The van der Waals surface area contributed by atoms with Gasteiger partial charge in [-0.1, -0.05) is 0 Å². The van der Waals surface area contributed by atoms with Crippen molar-refractivity contribution in [2.75, 3.05) is 13.2 Å². The zero-order chi connectivity index (χ0) is 10.0. The van der Waals surface area contributed by atoms with Crippen LogP contribution < -0.4 is 5.32 Å². The molecular formula is C9H14BrN3O. The lowest BCUT2D eigenvalue weighted by Gasteiger charge is -2.22. The molecule has 1 aliphatic rings. The van der Waals surface area contributed by atoms with E-state index in [1.54, 1.807) is 6.20 Å². The molecule has 0 aliphatic carbocycles. The molecule has 1 aromatic heterocycles.